The lowest BCUT2D eigenvalue weighted by atomic mass is 10.1. The van der Waals surface area contributed by atoms with E-state index in [1.165, 1.54) is 0 Å². The van der Waals surface area contributed by atoms with Crippen LogP contribution in [0.15, 0.2) is 24.3 Å². The number of benzene rings is 1. The van der Waals surface area contributed by atoms with Crippen molar-refractivity contribution in [3.63, 3.8) is 0 Å². The van der Waals surface area contributed by atoms with E-state index < -0.39 is 5.97 Å². The minimum Gasteiger partial charge on any atom is -0.497 e. The number of nitrogens with zero attached hydrogens (tertiary/aromatic N) is 1. The van der Waals surface area contributed by atoms with Crippen LogP contribution in [0.4, 0.5) is 0 Å². The molecule has 0 saturated heterocycles. The molecule has 0 aliphatic heterocycles. The smallest absolute Gasteiger partial charge is 0.304 e. The largest absolute Gasteiger partial charge is 0.497 e. The van der Waals surface area contributed by atoms with Crippen molar-refractivity contribution < 1.29 is 14.6 Å². The van der Waals surface area contributed by atoms with E-state index in [-0.39, 0.29) is 12.5 Å². The summed E-state index contributed by atoms with van der Waals surface area (Å²) in [6, 6.07) is 7.81. The van der Waals surface area contributed by atoms with Crippen LogP contribution in [0, 0.1) is 0 Å². The van der Waals surface area contributed by atoms with E-state index in [1.807, 2.05) is 43.1 Å². The molecule has 0 spiro atoms. The summed E-state index contributed by atoms with van der Waals surface area (Å²) >= 11 is 0. The molecule has 0 bridgehead atoms. The summed E-state index contributed by atoms with van der Waals surface area (Å²) < 4.78 is 5.15. The highest BCUT2D eigenvalue weighted by Crippen LogP contribution is 2.15. The SMILES string of the molecule is COc1cccc(CN(C)C(C)CC(=O)O)c1. The standard InChI is InChI=1S/C13H19NO3/c1-10(7-13(15)16)14(2)9-11-5-4-6-12(8-11)17-3/h4-6,8,10H,7,9H2,1-3H3,(H,15,16). The topological polar surface area (TPSA) is 49.8 Å². The van der Waals surface area contributed by atoms with Gasteiger partial charge in [0, 0.05) is 12.6 Å². The molecule has 0 fully saturated rings. The Morgan fingerprint density at radius 1 is 1.53 bits per heavy atom. The fourth-order valence-corrected chi connectivity index (χ4v) is 1.62. The van der Waals surface area contributed by atoms with Crippen LogP contribution in [0.1, 0.15) is 18.9 Å². The first-order valence-electron chi connectivity index (χ1n) is 5.58. The number of carboxylic acids is 1. The molecule has 0 saturated carbocycles. The fraction of sp³-hybridized carbons (Fsp3) is 0.462. The molecule has 0 aliphatic carbocycles. The normalized spacial score (nSPS) is 12.5. The maximum Gasteiger partial charge on any atom is 0.304 e. The van der Waals surface area contributed by atoms with Gasteiger partial charge in [-0.05, 0) is 31.7 Å². The van der Waals surface area contributed by atoms with Gasteiger partial charge in [-0.2, -0.15) is 0 Å². The Kier molecular flexibility index (Phi) is 4.97. The van der Waals surface area contributed by atoms with Crippen molar-refractivity contribution in [2.75, 3.05) is 14.2 Å². The Balaban J connectivity index is 2.60. The maximum atomic E-state index is 10.6. The lowest BCUT2D eigenvalue weighted by molar-refractivity contribution is -0.138. The van der Waals surface area contributed by atoms with Gasteiger partial charge in [0.15, 0.2) is 0 Å². The highest BCUT2D eigenvalue weighted by Gasteiger charge is 2.13. The first-order chi connectivity index (χ1) is 8.02. The molecule has 4 heteroatoms. The summed E-state index contributed by atoms with van der Waals surface area (Å²) in [4.78, 5) is 12.6. The van der Waals surface area contributed by atoms with Crippen LogP contribution >= 0.6 is 0 Å². The van der Waals surface area contributed by atoms with E-state index in [4.69, 9.17) is 9.84 Å². The Hall–Kier alpha value is -1.55. The van der Waals surface area contributed by atoms with Gasteiger partial charge in [-0.3, -0.25) is 9.69 Å². The number of hydrogen-bond donors (Lipinski definition) is 1. The van der Waals surface area contributed by atoms with Crippen molar-refractivity contribution in [1.29, 1.82) is 0 Å². The lowest BCUT2D eigenvalue weighted by Gasteiger charge is -2.23. The van der Waals surface area contributed by atoms with Crippen LogP contribution in [0.25, 0.3) is 0 Å². The van der Waals surface area contributed by atoms with Gasteiger partial charge in [-0.15, -0.1) is 0 Å². The molecule has 1 aromatic carbocycles. The van der Waals surface area contributed by atoms with E-state index in [0.717, 1.165) is 11.3 Å². The molecule has 0 amide bonds. The molecule has 1 atom stereocenters. The van der Waals surface area contributed by atoms with Gasteiger partial charge >= 0.3 is 5.97 Å². The van der Waals surface area contributed by atoms with Crippen molar-refractivity contribution in [3.05, 3.63) is 29.8 Å². The quantitative estimate of drug-likeness (QED) is 0.822. The van der Waals surface area contributed by atoms with E-state index in [0.29, 0.717) is 6.54 Å². The summed E-state index contributed by atoms with van der Waals surface area (Å²) in [5.74, 6) is 0.0526. The van der Waals surface area contributed by atoms with Crippen molar-refractivity contribution >= 4 is 5.97 Å². The first kappa shape index (κ1) is 13.5. The Labute approximate surface area is 102 Å². The minimum absolute atomic E-state index is 0.0127. The van der Waals surface area contributed by atoms with Gasteiger partial charge in [0.25, 0.3) is 0 Å². The summed E-state index contributed by atoms with van der Waals surface area (Å²) in [5.41, 5.74) is 1.11. The number of hydrogen-bond acceptors (Lipinski definition) is 3. The van der Waals surface area contributed by atoms with Crippen LogP contribution in [0.3, 0.4) is 0 Å². The van der Waals surface area contributed by atoms with E-state index in [1.54, 1.807) is 7.11 Å². The molecular weight excluding hydrogens is 218 g/mol. The van der Waals surface area contributed by atoms with Gasteiger partial charge in [0.1, 0.15) is 5.75 Å². The van der Waals surface area contributed by atoms with Gasteiger partial charge in [-0.25, -0.2) is 0 Å². The number of ether oxygens (including phenoxy) is 1. The van der Waals surface area contributed by atoms with Crippen molar-refractivity contribution in [1.82, 2.24) is 4.90 Å². The summed E-state index contributed by atoms with van der Waals surface area (Å²) in [6.07, 6.45) is 0.153. The Morgan fingerprint density at radius 3 is 2.82 bits per heavy atom. The van der Waals surface area contributed by atoms with Gasteiger partial charge in [-0.1, -0.05) is 12.1 Å². The average Bonchev–Trinajstić information content (AvgIpc) is 2.28. The lowest BCUT2D eigenvalue weighted by Crippen LogP contribution is -2.30. The zero-order valence-electron chi connectivity index (χ0n) is 10.5. The number of carboxylic acid groups (broad SMARTS) is 1. The zero-order chi connectivity index (χ0) is 12.8. The molecule has 4 nitrogen and oxygen atoms in total. The molecule has 0 radical (unpaired) electrons. The summed E-state index contributed by atoms with van der Waals surface area (Å²) in [5, 5.41) is 8.73. The molecule has 1 aromatic rings. The van der Waals surface area contributed by atoms with Crippen molar-refractivity contribution in [3.8, 4) is 5.75 Å². The van der Waals surface area contributed by atoms with Crippen LogP contribution in [0.2, 0.25) is 0 Å². The predicted octanol–water partition coefficient (Wildman–Crippen LogP) is 1.99. The van der Waals surface area contributed by atoms with Crippen molar-refractivity contribution in [2.45, 2.75) is 25.9 Å². The summed E-state index contributed by atoms with van der Waals surface area (Å²) in [6.45, 7) is 2.62. The molecule has 1 unspecified atom stereocenters. The molecular formula is C13H19NO3. The third-order valence-corrected chi connectivity index (χ3v) is 2.79. The number of carbonyl (C=O) groups is 1. The van der Waals surface area contributed by atoms with Gasteiger partial charge < -0.3 is 9.84 Å². The van der Waals surface area contributed by atoms with E-state index in [2.05, 4.69) is 0 Å². The van der Waals surface area contributed by atoms with Crippen molar-refractivity contribution in [2.24, 2.45) is 0 Å². The molecule has 0 aromatic heterocycles. The Morgan fingerprint density at radius 2 is 2.24 bits per heavy atom. The molecule has 1 N–H and O–H groups in total. The van der Waals surface area contributed by atoms with Crippen LogP contribution in [-0.2, 0) is 11.3 Å². The fourth-order valence-electron chi connectivity index (χ4n) is 1.62. The molecule has 1 rings (SSSR count). The van der Waals surface area contributed by atoms with Crippen LogP contribution in [-0.4, -0.2) is 36.2 Å². The Bertz CT molecular complexity index is 379. The maximum absolute atomic E-state index is 10.6. The number of methoxy groups -OCH3 is 1. The third kappa shape index (κ3) is 4.44. The second kappa shape index (κ2) is 6.25. The second-order valence-electron chi connectivity index (χ2n) is 4.21. The molecule has 0 aliphatic rings. The number of aliphatic carboxylic acids is 1. The number of rotatable bonds is 6. The monoisotopic (exact) mass is 237 g/mol. The minimum atomic E-state index is -0.769. The summed E-state index contributed by atoms with van der Waals surface area (Å²) in [7, 11) is 3.56. The molecule has 94 valence electrons. The second-order valence-corrected chi connectivity index (χ2v) is 4.21. The molecule has 17 heavy (non-hydrogen) atoms. The van der Waals surface area contributed by atoms with Gasteiger partial charge in [0.05, 0.1) is 13.5 Å². The van der Waals surface area contributed by atoms with E-state index in [9.17, 15) is 4.79 Å². The van der Waals surface area contributed by atoms with Crippen LogP contribution in [0.5, 0.6) is 5.75 Å². The third-order valence-electron chi connectivity index (χ3n) is 2.79. The molecule has 0 heterocycles. The predicted molar refractivity (Wildman–Crippen MR) is 66.2 cm³/mol. The highest BCUT2D eigenvalue weighted by atomic mass is 16.5. The van der Waals surface area contributed by atoms with Gasteiger partial charge in [0.2, 0.25) is 0 Å². The first-order valence-corrected chi connectivity index (χ1v) is 5.58. The van der Waals surface area contributed by atoms with Crippen LogP contribution < -0.4 is 4.74 Å². The highest BCUT2D eigenvalue weighted by molar-refractivity contribution is 5.67. The van der Waals surface area contributed by atoms with E-state index >= 15 is 0 Å². The average molecular weight is 237 g/mol. The zero-order valence-corrected chi connectivity index (χ0v) is 10.5.